The molecule has 0 radical (unpaired) electrons. The van der Waals surface area contributed by atoms with Gasteiger partial charge in [-0.1, -0.05) is 30.5 Å². The summed E-state index contributed by atoms with van der Waals surface area (Å²) in [5.41, 5.74) is 3.55. The van der Waals surface area contributed by atoms with Crippen LogP contribution in [-0.4, -0.2) is 19.9 Å². The molecular weight excluding hydrogens is 308 g/mol. The number of nitrogens with one attached hydrogen (secondary N) is 2. The smallest absolute Gasteiger partial charge is 0.124 e. The molecule has 1 aromatic rings. The molecule has 0 aromatic heterocycles. The number of rotatable bonds is 8. The van der Waals surface area contributed by atoms with Crippen LogP contribution in [-0.2, 0) is 6.42 Å². The maximum atomic E-state index is 7.16. The molecule has 3 nitrogen and oxygen atoms in total. The highest BCUT2D eigenvalue weighted by molar-refractivity contribution is 6.31. The fourth-order valence-electron chi connectivity index (χ4n) is 3.21. The van der Waals surface area contributed by atoms with Gasteiger partial charge in [-0.3, -0.25) is 0 Å². The van der Waals surface area contributed by atoms with Crippen LogP contribution in [0, 0.1) is 5.41 Å². The Balaban J connectivity index is 1.91. The van der Waals surface area contributed by atoms with Gasteiger partial charge in [-0.05, 0) is 62.4 Å². The van der Waals surface area contributed by atoms with E-state index in [0.29, 0.717) is 6.04 Å². The van der Waals surface area contributed by atoms with E-state index in [9.17, 15) is 0 Å². The molecule has 1 aliphatic rings. The summed E-state index contributed by atoms with van der Waals surface area (Å²) in [6.45, 7) is 2.96. The summed E-state index contributed by atoms with van der Waals surface area (Å²) < 4.78 is 5.55. The maximum absolute atomic E-state index is 7.16. The lowest BCUT2D eigenvalue weighted by Gasteiger charge is -2.29. The zero-order chi connectivity index (χ0) is 16.7. The molecule has 0 amide bonds. The Bertz CT molecular complexity index is 569. The third-order valence-corrected chi connectivity index (χ3v) is 4.84. The van der Waals surface area contributed by atoms with Gasteiger partial charge in [0.2, 0.25) is 0 Å². The SMILES string of the molecule is COc1ccc(Cl)c2c1C(CCCCC/C=C(/C)C=N)NCC2. The van der Waals surface area contributed by atoms with E-state index in [-0.39, 0.29) is 0 Å². The van der Waals surface area contributed by atoms with E-state index in [1.165, 1.54) is 36.6 Å². The average molecular weight is 335 g/mol. The van der Waals surface area contributed by atoms with E-state index in [1.807, 2.05) is 19.1 Å². The summed E-state index contributed by atoms with van der Waals surface area (Å²) in [5, 5.41) is 11.6. The van der Waals surface area contributed by atoms with E-state index < -0.39 is 0 Å². The van der Waals surface area contributed by atoms with Crippen LogP contribution in [0.25, 0.3) is 0 Å². The van der Waals surface area contributed by atoms with Crippen molar-refractivity contribution in [1.29, 1.82) is 5.41 Å². The van der Waals surface area contributed by atoms with Crippen molar-refractivity contribution in [1.82, 2.24) is 5.32 Å². The van der Waals surface area contributed by atoms with Gasteiger partial charge < -0.3 is 15.5 Å². The molecular formula is C19H27ClN2O. The van der Waals surface area contributed by atoms with Gasteiger partial charge >= 0.3 is 0 Å². The summed E-state index contributed by atoms with van der Waals surface area (Å²) in [6, 6.07) is 4.26. The van der Waals surface area contributed by atoms with Gasteiger partial charge in [0, 0.05) is 22.8 Å². The molecule has 0 fully saturated rings. The van der Waals surface area contributed by atoms with Gasteiger partial charge in [-0.25, -0.2) is 0 Å². The first kappa shape index (κ1) is 18.0. The molecule has 0 spiro atoms. The summed E-state index contributed by atoms with van der Waals surface area (Å²) in [6.07, 6.45) is 10.3. The zero-order valence-electron chi connectivity index (χ0n) is 14.1. The first-order valence-corrected chi connectivity index (χ1v) is 8.81. The molecule has 0 bridgehead atoms. The van der Waals surface area contributed by atoms with E-state index >= 15 is 0 Å². The first-order chi connectivity index (χ1) is 11.2. The van der Waals surface area contributed by atoms with Gasteiger partial charge in [-0.2, -0.15) is 0 Å². The summed E-state index contributed by atoms with van der Waals surface area (Å²) in [7, 11) is 1.73. The molecule has 0 saturated heterocycles. The Labute approximate surface area is 144 Å². The topological polar surface area (TPSA) is 45.1 Å². The Morgan fingerprint density at radius 1 is 1.39 bits per heavy atom. The van der Waals surface area contributed by atoms with Crippen molar-refractivity contribution < 1.29 is 4.74 Å². The number of ether oxygens (including phenoxy) is 1. The molecule has 2 N–H and O–H groups in total. The van der Waals surface area contributed by atoms with Crippen molar-refractivity contribution in [2.45, 2.75) is 51.5 Å². The molecule has 4 heteroatoms. The second-order valence-electron chi connectivity index (χ2n) is 6.13. The van der Waals surface area contributed by atoms with Crippen LogP contribution in [0.3, 0.4) is 0 Å². The van der Waals surface area contributed by atoms with Gasteiger partial charge in [0.15, 0.2) is 0 Å². The normalized spacial score (nSPS) is 17.7. The van der Waals surface area contributed by atoms with Crippen LogP contribution in [0.1, 0.15) is 56.2 Å². The molecule has 1 unspecified atom stereocenters. The monoisotopic (exact) mass is 334 g/mol. The molecule has 126 valence electrons. The molecule has 23 heavy (non-hydrogen) atoms. The van der Waals surface area contributed by atoms with Crippen molar-refractivity contribution in [3.8, 4) is 5.75 Å². The van der Waals surface area contributed by atoms with Crippen molar-refractivity contribution >= 4 is 17.8 Å². The number of allylic oxidation sites excluding steroid dienone is 2. The van der Waals surface area contributed by atoms with Crippen LogP contribution in [0.5, 0.6) is 5.75 Å². The second-order valence-corrected chi connectivity index (χ2v) is 6.54. The van der Waals surface area contributed by atoms with Crippen LogP contribution < -0.4 is 10.1 Å². The van der Waals surface area contributed by atoms with Crippen LogP contribution >= 0.6 is 11.6 Å². The number of benzene rings is 1. The largest absolute Gasteiger partial charge is 0.496 e. The summed E-state index contributed by atoms with van der Waals surface area (Å²) >= 11 is 6.37. The minimum Gasteiger partial charge on any atom is -0.496 e. The zero-order valence-corrected chi connectivity index (χ0v) is 14.9. The summed E-state index contributed by atoms with van der Waals surface area (Å²) in [4.78, 5) is 0. The highest BCUT2D eigenvalue weighted by Crippen LogP contribution is 2.38. The molecule has 1 aromatic carbocycles. The highest BCUT2D eigenvalue weighted by Gasteiger charge is 2.24. The molecule has 2 rings (SSSR count). The third-order valence-electron chi connectivity index (χ3n) is 4.48. The highest BCUT2D eigenvalue weighted by atomic mass is 35.5. The Kier molecular flexibility index (Phi) is 7.13. The Hall–Kier alpha value is -1.32. The van der Waals surface area contributed by atoms with Crippen molar-refractivity contribution in [2.75, 3.05) is 13.7 Å². The fraction of sp³-hybridized carbons (Fsp3) is 0.526. The van der Waals surface area contributed by atoms with Crippen LogP contribution in [0.15, 0.2) is 23.8 Å². The molecule has 0 aliphatic carbocycles. The lowest BCUT2D eigenvalue weighted by molar-refractivity contribution is 0.383. The number of methoxy groups -OCH3 is 1. The predicted octanol–water partition coefficient (Wildman–Crippen LogP) is 5.08. The minimum absolute atomic E-state index is 0.339. The second kappa shape index (κ2) is 9.09. The lowest BCUT2D eigenvalue weighted by atomic mass is 9.90. The van der Waals surface area contributed by atoms with Gasteiger partial charge in [0.1, 0.15) is 5.75 Å². The Morgan fingerprint density at radius 2 is 2.22 bits per heavy atom. The van der Waals surface area contributed by atoms with E-state index in [2.05, 4.69) is 11.4 Å². The quantitative estimate of drug-likeness (QED) is 0.514. The lowest BCUT2D eigenvalue weighted by Crippen LogP contribution is -2.30. The van der Waals surface area contributed by atoms with Gasteiger partial charge in [0.25, 0.3) is 0 Å². The molecule has 0 saturated carbocycles. The van der Waals surface area contributed by atoms with E-state index in [0.717, 1.165) is 42.2 Å². The first-order valence-electron chi connectivity index (χ1n) is 8.43. The van der Waals surface area contributed by atoms with Gasteiger partial charge in [-0.15, -0.1) is 0 Å². The third kappa shape index (κ3) is 4.82. The number of fused-ring (bicyclic) bond motifs is 1. The Morgan fingerprint density at radius 3 is 2.96 bits per heavy atom. The molecule has 1 atom stereocenters. The summed E-state index contributed by atoms with van der Waals surface area (Å²) in [5.74, 6) is 0.950. The van der Waals surface area contributed by atoms with Crippen LogP contribution in [0.4, 0.5) is 0 Å². The average Bonchev–Trinajstić information content (AvgIpc) is 2.58. The molecule has 1 heterocycles. The number of hydrogen-bond donors (Lipinski definition) is 2. The number of halogens is 1. The van der Waals surface area contributed by atoms with Gasteiger partial charge in [0.05, 0.1) is 7.11 Å². The van der Waals surface area contributed by atoms with Crippen LogP contribution in [0.2, 0.25) is 5.02 Å². The van der Waals surface area contributed by atoms with Crippen molar-refractivity contribution in [3.63, 3.8) is 0 Å². The number of unbranched alkanes of at least 4 members (excludes halogenated alkanes) is 3. The van der Waals surface area contributed by atoms with Crippen molar-refractivity contribution in [2.24, 2.45) is 0 Å². The standard InChI is InChI=1S/C19H27ClN2O/c1-14(13-21)7-5-3-4-6-8-17-19-15(11-12-22-17)16(20)9-10-18(19)23-2/h7,9-10,13,17,21-22H,3-6,8,11-12H2,1-2H3/b14-7-,21-13?. The van der Waals surface area contributed by atoms with E-state index in [4.69, 9.17) is 21.7 Å². The van der Waals surface area contributed by atoms with Crippen molar-refractivity contribution in [3.05, 3.63) is 39.9 Å². The predicted molar refractivity (Wildman–Crippen MR) is 98.1 cm³/mol. The maximum Gasteiger partial charge on any atom is 0.124 e. The molecule has 1 aliphatic heterocycles. The fourth-order valence-corrected chi connectivity index (χ4v) is 3.47. The minimum atomic E-state index is 0.339. The number of hydrogen-bond acceptors (Lipinski definition) is 3. The van der Waals surface area contributed by atoms with E-state index in [1.54, 1.807) is 7.11 Å².